The molecular weight excluding hydrogens is 326 g/mol. The molecule has 0 radical (unpaired) electrons. The molecule has 1 atom stereocenters. The third-order valence-electron chi connectivity index (χ3n) is 4.70. The summed E-state index contributed by atoms with van der Waals surface area (Å²) in [5.41, 5.74) is 4.38. The Labute approximate surface area is 152 Å². The molecule has 5 nitrogen and oxygen atoms in total. The maximum Gasteiger partial charge on any atom is 0.276 e. The van der Waals surface area contributed by atoms with Gasteiger partial charge in [-0.25, -0.2) is 0 Å². The van der Waals surface area contributed by atoms with Crippen LogP contribution >= 0.6 is 0 Å². The molecule has 1 amide bonds. The number of para-hydroxylation sites is 1. The van der Waals surface area contributed by atoms with E-state index in [2.05, 4.69) is 23.2 Å². The summed E-state index contributed by atoms with van der Waals surface area (Å²) in [6.07, 6.45) is 0.877. The third kappa shape index (κ3) is 2.86. The van der Waals surface area contributed by atoms with E-state index in [-0.39, 0.29) is 11.9 Å². The Morgan fingerprint density at radius 2 is 2.00 bits per heavy atom. The Morgan fingerprint density at radius 1 is 1.23 bits per heavy atom. The minimum atomic E-state index is -0.0489. The summed E-state index contributed by atoms with van der Waals surface area (Å²) >= 11 is 0. The van der Waals surface area contributed by atoms with E-state index in [0.717, 1.165) is 29.1 Å². The van der Waals surface area contributed by atoms with Crippen LogP contribution in [0.1, 0.15) is 29.9 Å². The Hall–Kier alpha value is -3.08. The lowest BCUT2D eigenvalue weighted by Gasteiger charge is -2.21. The number of anilines is 1. The average molecular weight is 347 g/mol. The quantitative estimate of drug-likeness (QED) is 0.774. The first-order valence-electron chi connectivity index (χ1n) is 8.87. The molecule has 4 rings (SSSR count). The van der Waals surface area contributed by atoms with E-state index in [1.165, 1.54) is 5.56 Å². The molecule has 0 fully saturated rings. The third-order valence-corrected chi connectivity index (χ3v) is 4.70. The van der Waals surface area contributed by atoms with Crippen molar-refractivity contribution in [1.82, 2.24) is 10.2 Å². The predicted molar refractivity (Wildman–Crippen MR) is 102 cm³/mol. The van der Waals surface area contributed by atoms with Crippen LogP contribution in [0.3, 0.4) is 0 Å². The molecule has 0 bridgehead atoms. The number of hydrogen-bond acceptors (Lipinski definition) is 3. The highest BCUT2D eigenvalue weighted by Crippen LogP contribution is 2.33. The van der Waals surface area contributed by atoms with Crippen molar-refractivity contribution in [3.05, 3.63) is 65.9 Å². The molecule has 2 aromatic carbocycles. The Kier molecular flexibility index (Phi) is 4.21. The summed E-state index contributed by atoms with van der Waals surface area (Å²) in [5.74, 6) is 0.776. The van der Waals surface area contributed by atoms with Crippen LogP contribution in [0.15, 0.2) is 54.6 Å². The topological polar surface area (TPSA) is 58.2 Å². The number of fused-ring (bicyclic) bond motifs is 1. The Balaban J connectivity index is 1.59. The number of carbonyl (C=O) groups excluding carboxylic acids is 1. The molecular formula is C21H21N3O2. The van der Waals surface area contributed by atoms with Gasteiger partial charge < -0.3 is 9.64 Å². The van der Waals surface area contributed by atoms with E-state index in [9.17, 15) is 4.79 Å². The second-order valence-corrected chi connectivity index (χ2v) is 6.48. The van der Waals surface area contributed by atoms with Crippen molar-refractivity contribution >= 4 is 11.6 Å². The van der Waals surface area contributed by atoms with E-state index < -0.39 is 0 Å². The number of H-pyrrole nitrogens is 1. The number of ether oxygens (including phenoxy) is 1. The summed E-state index contributed by atoms with van der Waals surface area (Å²) in [7, 11) is 0. The molecule has 0 saturated heterocycles. The van der Waals surface area contributed by atoms with Gasteiger partial charge in [0.25, 0.3) is 5.91 Å². The molecule has 1 aliphatic heterocycles. The van der Waals surface area contributed by atoms with Gasteiger partial charge in [0.15, 0.2) is 0 Å². The van der Waals surface area contributed by atoms with E-state index in [4.69, 9.17) is 4.74 Å². The standard InChI is InChI=1S/C21H21N3O2/c1-3-26-17-10-8-15(9-11-17)18-13-19(23-22-18)21(25)24-14(2)12-16-6-4-5-7-20(16)24/h4-11,13-14H,3,12H2,1-2H3,(H,22,23)/t14-/m0/s1. The predicted octanol–water partition coefficient (Wildman–Crippen LogP) is 4.07. The molecule has 5 heteroatoms. The van der Waals surface area contributed by atoms with Gasteiger partial charge >= 0.3 is 0 Å². The molecule has 0 spiro atoms. The van der Waals surface area contributed by atoms with E-state index in [1.54, 1.807) is 0 Å². The number of carbonyl (C=O) groups is 1. The second kappa shape index (κ2) is 6.67. The number of aromatic amines is 1. The van der Waals surface area contributed by atoms with Crippen molar-refractivity contribution < 1.29 is 9.53 Å². The second-order valence-electron chi connectivity index (χ2n) is 6.48. The molecule has 1 aliphatic rings. The van der Waals surface area contributed by atoms with E-state index in [0.29, 0.717) is 12.3 Å². The molecule has 132 valence electrons. The number of benzene rings is 2. The van der Waals surface area contributed by atoms with Crippen molar-refractivity contribution in [2.45, 2.75) is 26.3 Å². The fourth-order valence-electron chi connectivity index (χ4n) is 3.47. The van der Waals surface area contributed by atoms with Crippen molar-refractivity contribution in [1.29, 1.82) is 0 Å². The molecule has 3 aromatic rings. The molecule has 1 aromatic heterocycles. The molecule has 26 heavy (non-hydrogen) atoms. The first-order chi connectivity index (χ1) is 12.7. The Morgan fingerprint density at radius 3 is 2.77 bits per heavy atom. The molecule has 0 aliphatic carbocycles. The zero-order chi connectivity index (χ0) is 18.1. The van der Waals surface area contributed by atoms with Gasteiger partial charge in [-0.3, -0.25) is 9.89 Å². The number of rotatable bonds is 4. The van der Waals surface area contributed by atoms with Crippen LogP contribution in [0.4, 0.5) is 5.69 Å². The first-order valence-corrected chi connectivity index (χ1v) is 8.87. The lowest BCUT2D eigenvalue weighted by molar-refractivity contribution is 0.0976. The first kappa shape index (κ1) is 16.4. The molecule has 2 heterocycles. The van der Waals surface area contributed by atoms with Crippen LogP contribution in [0.5, 0.6) is 5.75 Å². The van der Waals surface area contributed by atoms with Gasteiger partial charge in [0.05, 0.1) is 12.3 Å². The SMILES string of the molecule is CCOc1ccc(-c2cc(C(=O)N3c4ccccc4C[C@@H]3C)[nH]n2)cc1. The number of nitrogens with zero attached hydrogens (tertiary/aromatic N) is 2. The van der Waals surface area contributed by atoms with Crippen molar-refractivity contribution in [2.75, 3.05) is 11.5 Å². The fourth-order valence-corrected chi connectivity index (χ4v) is 3.47. The summed E-state index contributed by atoms with van der Waals surface area (Å²) in [5, 5.41) is 7.22. The minimum absolute atomic E-state index is 0.0489. The maximum absolute atomic E-state index is 13.0. The zero-order valence-corrected chi connectivity index (χ0v) is 14.9. The largest absolute Gasteiger partial charge is 0.494 e. The van der Waals surface area contributed by atoms with Crippen LogP contribution in [-0.2, 0) is 6.42 Å². The number of nitrogens with one attached hydrogen (secondary N) is 1. The van der Waals surface area contributed by atoms with Crippen LogP contribution in [0.25, 0.3) is 11.3 Å². The minimum Gasteiger partial charge on any atom is -0.494 e. The van der Waals surface area contributed by atoms with E-state index in [1.807, 2.05) is 60.4 Å². The highest BCUT2D eigenvalue weighted by molar-refractivity contribution is 6.07. The van der Waals surface area contributed by atoms with Crippen LogP contribution in [0, 0.1) is 0 Å². The summed E-state index contributed by atoms with van der Waals surface area (Å²) < 4.78 is 5.46. The highest BCUT2D eigenvalue weighted by Gasteiger charge is 2.32. The Bertz CT molecular complexity index is 930. The van der Waals surface area contributed by atoms with Crippen LogP contribution in [-0.4, -0.2) is 28.8 Å². The lowest BCUT2D eigenvalue weighted by atomic mass is 10.1. The smallest absolute Gasteiger partial charge is 0.276 e. The van der Waals surface area contributed by atoms with Gasteiger partial charge in [0.2, 0.25) is 0 Å². The van der Waals surface area contributed by atoms with Crippen molar-refractivity contribution in [2.24, 2.45) is 0 Å². The molecule has 1 N–H and O–H groups in total. The van der Waals surface area contributed by atoms with Crippen LogP contribution in [0.2, 0.25) is 0 Å². The molecule has 0 saturated carbocycles. The van der Waals surface area contributed by atoms with Gasteiger partial charge in [-0.05, 0) is 62.2 Å². The summed E-state index contributed by atoms with van der Waals surface area (Å²) in [6, 6.07) is 17.7. The molecule has 0 unspecified atom stereocenters. The van der Waals surface area contributed by atoms with E-state index >= 15 is 0 Å². The van der Waals surface area contributed by atoms with Crippen molar-refractivity contribution in [3.8, 4) is 17.0 Å². The highest BCUT2D eigenvalue weighted by atomic mass is 16.5. The fraction of sp³-hybridized carbons (Fsp3) is 0.238. The van der Waals surface area contributed by atoms with Gasteiger partial charge in [0.1, 0.15) is 11.4 Å². The maximum atomic E-state index is 13.0. The van der Waals surface area contributed by atoms with Crippen LogP contribution < -0.4 is 9.64 Å². The summed E-state index contributed by atoms with van der Waals surface area (Å²) in [6.45, 7) is 4.66. The van der Waals surface area contributed by atoms with Gasteiger partial charge in [0, 0.05) is 17.3 Å². The monoisotopic (exact) mass is 347 g/mol. The number of hydrogen-bond donors (Lipinski definition) is 1. The zero-order valence-electron chi connectivity index (χ0n) is 14.9. The average Bonchev–Trinajstić information content (AvgIpc) is 3.26. The number of aromatic nitrogens is 2. The van der Waals surface area contributed by atoms with Gasteiger partial charge in [-0.15, -0.1) is 0 Å². The van der Waals surface area contributed by atoms with Gasteiger partial charge in [-0.1, -0.05) is 18.2 Å². The normalized spacial score (nSPS) is 15.8. The van der Waals surface area contributed by atoms with Crippen molar-refractivity contribution in [3.63, 3.8) is 0 Å². The van der Waals surface area contributed by atoms with Gasteiger partial charge in [-0.2, -0.15) is 5.10 Å². The lowest BCUT2D eigenvalue weighted by Crippen LogP contribution is -2.35. The summed E-state index contributed by atoms with van der Waals surface area (Å²) in [4.78, 5) is 14.9. The number of amides is 1.